The molecule has 2 aromatic heterocycles. The molecule has 1 saturated heterocycles. The summed E-state index contributed by atoms with van der Waals surface area (Å²) < 4.78 is 40.4. The Bertz CT molecular complexity index is 2130. The van der Waals surface area contributed by atoms with Crippen molar-refractivity contribution in [1.82, 2.24) is 30.0 Å². The number of furan rings is 1. The molecule has 4 aliphatic rings. The van der Waals surface area contributed by atoms with E-state index in [4.69, 9.17) is 9.15 Å². The first-order chi connectivity index (χ1) is 24.7. The number of carbonyl (C=O) groups is 4. The van der Waals surface area contributed by atoms with E-state index in [-0.39, 0.29) is 31.4 Å². The number of amides is 4. The highest BCUT2D eigenvalue weighted by molar-refractivity contribution is 7.91. The Hall–Kier alpha value is -4.73. The molecule has 52 heavy (non-hydrogen) atoms. The van der Waals surface area contributed by atoms with Gasteiger partial charge in [-0.05, 0) is 65.4 Å². The number of rotatable bonds is 5. The Morgan fingerprint density at radius 1 is 1.06 bits per heavy atom. The SMILES string of the molecule is CC(C)(C)OC(=O)N[C@H]1CCCCC/C=C\[C@@H]2CC2(C(=O)NS(=O)(=O)C2CC2)NC(=O)[C@@H]2CC(n3ncc4c(oc5ccccc54)c3=O)CN2C1=O. The van der Waals surface area contributed by atoms with E-state index in [0.29, 0.717) is 36.7 Å². The molecule has 1 aromatic carbocycles. The van der Waals surface area contributed by atoms with Crippen molar-refractivity contribution < 1.29 is 36.7 Å². The van der Waals surface area contributed by atoms with Gasteiger partial charge in [0, 0.05) is 24.3 Å². The van der Waals surface area contributed by atoms with Gasteiger partial charge in [0.25, 0.3) is 5.91 Å². The Balaban J connectivity index is 1.23. The monoisotopic (exact) mass is 736 g/mol. The number of nitrogens with zero attached hydrogens (tertiary/aromatic N) is 3. The minimum absolute atomic E-state index is 0.0477. The molecule has 3 fully saturated rings. The van der Waals surface area contributed by atoms with Gasteiger partial charge in [-0.1, -0.05) is 43.2 Å². The predicted octanol–water partition coefficient (Wildman–Crippen LogP) is 3.18. The predicted molar refractivity (Wildman–Crippen MR) is 189 cm³/mol. The minimum atomic E-state index is -3.91. The molecular formula is C36H44N6O9S. The Kier molecular flexibility index (Phi) is 9.16. The van der Waals surface area contributed by atoms with E-state index in [1.54, 1.807) is 32.9 Å². The first-order valence-corrected chi connectivity index (χ1v) is 19.5. The zero-order valence-electron chi connectivity index (χ0n) is 29.4. The maximum absolute atomic E-state index is 14.5. The van der Waals surface area contributed by atoms with Gasteiger partial charge in [-0.25, -0.2) is 17.9 Å². The van der Waals surface area contributed by atoms with Crippen LogP contribution in [-0.4, -0.2) is 81.9 Å². The summed E-state index contributed by atoms with van der Waals surface area (Å²) in [5.74, 6) is -2.52. The number of hydrogen-bond donors (Lipinski definition) is 3. The molecule has 2 saturated carbocycles. The van der Waals surface area contributed by atoms with E-state index in [1.165, 1.54) is 15.8 Å². The van der Waals surface area contributed by atoms with E-state index in [9.17, 15) is 32.4 Å². The number of para-hydroxylation sites is 1. The lowest BCUT2D eigenvalue weighted by atomic mass is 10.0. The number of alkyl carbamates (subject to hydrolysis) is 1. The van der Waals surface area contributed by atoms with Crippen LogP contribution in [0.25, 0.3) is 21.9 Å². The molecule has 2 unspecified atom stereocenters. The summed E-state index contributed by atoms with van der Waals surface area (Å²) in [7, 11) is -3.91. The number of nitrogens with one attached hydrogen (secondary N) is 3. The molecule has 3 aromatic rings. The highest BCUT2D eigenvalue weighted by atomic mass is 32.2. The zero-order valence-corrected chi connectivity index (χ0v) is 30.2. The average molecular weight is 737 g/mol. The van der Waals surface area contributed by atoms with Gasteiger partial charge in [0.15, 0.2) is 0 Å². The molecule has 3 N–H and O–H groups in total. The summed E-state index contributed by atoms with van der Waals surface area (Å²) in [6, 6.07) is 4.16. The van der Waals surface area contributed by atoms with Gasteiger partial charge in [-0.2, -0.15) is 5.10 Å². The van der Waals surface area contributed by atoms with Crippen LogP contribution in [0.1, 0.15) is 84.6 Å². The molecular weight excluding hydrogens is 692 g/mol. The van der Waals surface area contributed by atoms with Gasteiger partial charge < -0.3 is 24.7 Å². The normalized spacial score (nSPS) is 27.9. The third-order valence-electron chi connectivity index (χ3n) is 10.2. The van der Waals surface area contributed by atoms with Crippen LogP contribution in [0.3, 0.4) is 0 Å². The van der Waals surface area contributed by atoms with Crippen LogP contribution in [0.5, 0.6) is 0 Å². The number of fused-ring (bicyclic) bond motifs is 5. The number of aromatic nitrogens is 2. The van der Waals surface area contributed by atoms with Crippen LogP contribution in [-0.2, 0) is 29.1 Å². The van der Waals surface area contributed by atoms with Crippen molar-refractivity contribution in [3.05, 3.63) is 53.0 Å². The topological polar surface area (TPSA) is 199 Å². The van der Waals surface area contributed by atoms with Crippen LogP contribution in [0.4, 0.5) is 4.79 Å². The maximum Gasteiger partial charge on any atom is 0.408 e. The van der Waals surface area contributed by atoms with Crippen molar-refractivity contribution in [2.75, 3.05) is 6.54 Å². The van der Waals surface area contributed by atoms with Gasteiger partial charge >= 0.3 is 11.7 Å². The number of hydrogen-bond acceptors (Lipinski definition) is 10. The summed E-state index contributed by atoms with van der Waals surface area (Å²) >= 11 is 0. The van der Waals surface area contributed by atoms with E-state index < -0.39 is 79.8 Å². The second-order valence-corrected chi connectivity index (χ2v) is 17.3. The molecule has 0 bridgehead atoms. The summed E-state index contributed by atoms with van der Waals surface area (Å²) in [6.45, 7) is 5.02. The maximum atomic E-state index is 14.5. The molecule has 0 radical (unpaired) electrons. The van der Waals surface area contributed by atoms with Crippen molar-refractivity contribution in [3.8, 4) is 0 Å². The first-order valence-electron chi connectivity index (χ1n) is 17.9. The van der Waals surface area contributed by atoms with E-state index >= 15 is 0 Å². The number of carbonyl (C=O) groups excluding carboxylic acids is 4. The molecule has 2 aliphatic carbocycles. The van der Waals surface area contributed by atoms with Crippen molar-refractivity contribution in [1.29, 1.82) is 0 Å². The Morgan fingerprint density at radius 3 is 2.58 bits per heavy atom. The highest BCUT2D eigenvalue weighted by Crippen LogP contribution is 2.46. The van der Waals surface area contributed by atoms with Crippen molar-refractivity contribution in [2.24, 2.45) is 5.92 Å². The fourth-order valence-electron chi connectivity index (χ4n) is 7.29. The van der Waals surface area contributed by atoms with E-state index in [1.807, 2.05) is 24.3 Å². The second-order valence-electron chi connectivity index (χ2n) is 15.3. The number of benzene rings is 1. The third-order valence-corrected chi connectivity index (χ3v) is 12.1. The summed E-state index contributed by atoms with van der Waals surface area (Å²) in [4.78, 5) is 70.6. The zero-order chi connectivity index (χ0) is 37.0. The highest BCUT2D eigenvalue weighted by Gasteiger charge is 2.62. The van der Waals surface area contributed by atoms with E-state index in [2.05, 4.69) is 20.5 Å². The molecule has 5 atom stereocenters. The summed E-state index contributed by atoms with van der Waals surface area (Å²) in [5.41, 5.74) is -2.31. The molecule has 0 spiro atoms. The van der Waals surface area contributed by atoms with Gasteiger partial charge in [0.2, 0.25) is 27.4 Å². The minimum Gasteiger partial charge on any atom is -0.450 e. The standard InChI is InChI=1S/C36H44N6O9S/c1-35(2,3)51-34(47)38-26-13-8-6-4-5-7-11-21-18-36(21,33(46)40-52(48,49)23-15-16-23)39-30(43)27-17-22(20-41(27)31(26)44)42-32(45)29-25(19-37-42)24-12-9-10-14-28(24)50-29/h7,9-12,14,19,21-23,26-27H,4-6,8,13,15-18,20H2,1-3H3,(H,38,47)(H,39,43)(H,40,46)/b11-7-/t21-,22?,26+,27+,36?/m1/s1. The second kappa shape index (κ2) is 13.4. The number of allylic oxidation sites excluding steroid dienone is 1. The quantitative estimate of drug-likeness (QED) is 0.327. The average Bonchev–Trinajstić information content (AvgIpc) is 3.97. The lowest BCUT2D eigenvalue weighted by Crippen LogP contribution is -2.58. The first kappa shape index (κ1) is 35.7. The molecule has 2 aliphatic heterocycles. The van der Waals surface area contributed by atoms with Crippen LogP contribution in [0.15, 0.2) is 51.8 Å². The summed E-state index contributed by atoms with van der Waals surface area (Å²) in [6.07, 6.45) is 8.58. The smallest absolute Gasteiger partial charge is 0.408 e. The molecule has 15 nitrogen and oxygen atoms in total. The summed E-state index contributed by atoms with van der Waals surface area (Å²) in [5, 5.41) is 10.6. The number of ether oxygens (including phenoxy) is 1. The lowest BCUT2D eigenvalue weighted by molar-refractivity contribution is -0.141. The van der Waals surface area contributed by atoms with E-state index in [0.717, 1.165) is 18.2 Å². The van der Waals surface area contributed by atoms with Gasteiger partial charge in [-0.3, -0.25) is 23.9 Å². The Labute approximate surface area is 300 Å². The van der Waals surface area contributed by atoms with Crippen molar-refractivity contribution in [2.45, 2.75) is 113 Å². The molecule has 278 valence electrons. The van der Waals surface area contributed by atoms with Crippen molar-refractivity contribution >= 4 is 55.8 Å². The number of sulfonamides is 1. The third kappa shape index (κ3) is 7.04. The molecule has 16 heteroatoms. The molecule has 7 rings (SSSR count). The molecule has 4 amide bonds. The fraction of sp³-hybridized carbons (Fsp3) is 0.556. The Morgan fingerprint density at radius 2 is 1.83 bits per heavy atom. The fourth-order valence-corrected chi connectivity index (χ4v) is 8.66. The van der Waals surface area contributed by atoms with Gasteiger partial charge in [0.1, 0.15) is 28.8 Å². The lowest BCUT2D eigenvalue weighted by Gasteiger charge is -2.30. The van der Waals surface area contributed by atoms with Crippen LogP contribution in [0.2, 0.25) is 0 Å². The van der Waals surface area contributed by atoms with Crippen LogP contribution in [0, 0.1) is 5.92 Å². The van der Waals surface area contributed by atoms with Gasteiger partial charge in [-0.15, -0.1) is 0 Å². The largest absolute Gasteiger partial charge is 0.450 e. The van der Waals surface area contributed by atoms with Crippen LogP contribution >= 0.6 is 0 Å². The molecule has 4 heterocycles. The van der Waals surface area contributed by atoms with Crippen molar-refractivity contribution in [3.63, 3.8) is 0 Å². The van der Waals surface area contributed by atoms with Crippen LogP contribution < -0.4 is 20.9 Å². The van der Waals surface area contributed by atoms with Gasteiger partial charge in [0.05, 0.1) is 22.9 Å².